The second-order valence-electron chi connectivity index (χ2n) is 7.61. The fourth-order valence-corrected chi connectivity index (χ4v) is 4.74. The average molecular weight is 389 g/mol. The fourth-order valence-electron chi connectivity index (χ4n) is 4.74. The monoisotopic (exact) mass is 389 g/mol. The van der Waals surface area contributed by atoms with Crippen LogP contribution in [0.2, 0.25) is 0 Å². The molecule has 0 saturated heterocycles. The molecule has 0 unspecified atom stereocenters. The average Bonchev–Trinajstić information content (AvgIpc) is 3.18. The van der Waals surface area contributed by atoms with Crippen LogP contribution in [-0.2, 0) is 4.74 Å². The maximum atomic E-state index is 12.5. The van der Waals surface area contributed by atoms with E-state index in [-0.39, 0.29) is 5.97 Å². The number of nitrogens with one attached hydrogen (secondary N) is 1. The van der Waals surface area contributed by atoms with Crippen molar-refractivity contribution in [1.29, 1.82) is 0 Å². The number of ether oxygens (including phenoxy) is 1. The van der Waals surface area contributed by atoms with Gasteiger partial charge in [0.25, 0.3) is 0 Å². The summed E-state index contributed by atoms with van der Waals surface area (Å²) in [4.78, 5) is 16.1. The van der Waals surface area contributed by atoms with Crippen LogP contribution in [0, 0.1) is 0 Å². The number of aromatic nitrogens is 1. The number of carbonyl (C=O) groups is 1. The summed E-state index contributed by atoms with van der Waals surface area (Å²) in [6, 6.07) is 27.0. The van der Waals surface area contributed by atoms with E-state index in [0.717, 1.165) is 22.2 Å². The molecule has 3 nitrogen and oxygen atoms in total. The lowest BCUT2D eigenvalue weighted by Gasteiger charge is -2.13. The first kappa shape index (κ1) is 17.0. The highest BCUT2D eigenvalue weighted by molar-refractivity contribution is 6.34. The lowest BCUT2D eigenvalue weighted by atomic mass is 9.91. The molecule has 1 N–H and O–H groups in total. The van der Waals surface area contributed by atoms with Gasteiger partial charge >= 0.3 is 5.97 Å². The van der Waals surface area contributed by atoms with E-state index in [4.69, 9.17) is 4.74 Å². The lowest BCUT2D eigenvalue weighted by molar-refractivity contribution is 0.0527. The standard InChI is InChI=1S/C27H19NO2/c1-2-30-27(29)21-8-4-3-7-17(21)16-13-14-18-19-9-5-11-23-25(19)26-20(22(18)15-16)10-6-12-24(26)28-23/h3-15,28H,2H2,1H3. The van der Waals surface area contributed by atoms with E-state index in [2.05, 4.69) is 59.6 Å². The van der Waals surface area contributed by atoms with Gasteiger partial charge in [0.1, 0.15) is 0 Å². The SMILES string of the molecule is CCOC(=O)c1ccccc1-c1ccc2c(c1)c1cccc3[nH]c4cccc2c4c31. The van der Waals surface area contributed by atoms with Crippen LogP contribution in [0.3, 0.4) is 0 Å². The second-order valence-corrected chi connectivity index (χ2v) is 7.61. The third-order valence-electron chi connectivity index (χ3n) is 5.98. The van der Waals surface area contributed by atoms with Gasteiger partial charge in [-0.15, -0.1) is 0 Å². The number of carbonyl (C=O) groups excluding carboxylic acids is 1. The van der Waals surface area contributed by atoms with E-state index in [9.17, 15) is 4.79 Å². The van der Waals surface area contributed by atoms with E-state index in [0.29, 0.717) is 12.2 Å². The van der Waals surface area contributed by atoms with Crippen molar-refractivity contribution in [2.45, 2.75) is 6.92 Å². The van der Waals surface area contributed by atoms with Crippen LogP contribution in [0.4, 0.5) is 0 Å². The summed E-state index contributed by atoms with van der Waals surface area (Å²) in [7, 11) is 0. The number of esters is 1. The highest BCUT2D eigenvalue weighted by Crippen LogP contribution is 2.42. The van der Waals surface area contributed by atoms with Crippen molar-refractivity contribution in [1.82, 2.24) is 4.98 Å². The molecule has 144 valence electrons. The molecule has 0 saturated carbocycles. The summed E-state index contributed by atoms with van der Waals surface area (Å²) in [5.41, 5.74) is 4.82. The Morgan fingerprint density at radius 2 is 1.47 bits per heavy atom. The molecule has 6 aromatic rings. The summed E-state index contributed by atoms with van der Waals surface area (Å²) in [5, 5.41) is 7.44. The Labute approximate surface area is 173 Å². The molecule has 30 heavy (non-hydrogen) atoms. The van der Waals surface area contributed by atoms with Crippen molar-refractivity contribution in [3.63, 3.8) is 0 Å². The van der Waals surface area contributed by atoms with Crippen LogP contribution < -0.4 is 0 Å². The summed E-state index contributed by atoms with van der Waals surface area (Å²) < 4.78 is 5.28. The van der Waals surface area contributed by atoms with Crippen LogP contribution >= 0.6 is 0 Å². The Hall–Kier alpha value is -3.85. The molecule has 3 heteroatoms. The van der Waals surface area contributed by atoms with Gasteiger partial charge in [0, 0.05) is 21.8 Å². The Bertz CT molecular complexity index is 1570. The van der Waals surface area contributed by atoms with Crippen molar-refractivity contribution in [2.24, 2.45) is 0 Å². The van der Waals surface area contributed by atoms with Gasteiger partial charge in [-0.1, -0.05) is 54.6 Å². The molecule has 0 bridgehead atoms. The molecule has 6 rings (SSSR count). The summed E-state index contributed by atoms with van der Waals surface area (Å²) in [6.07, 6.45) is 0. The minimum absolute atomic E-state index is 0.286. The fraction of sp³-hybridized carbons (Fsp3) is 0.0741. The predicted octanol–water partition coefficient (Wildman–Crippen LogP) is 6.91. The zero-order chi connectivity index (χ0) is 20.2. The topological polar surface area (TPSA) is 42.1 Å². The highest BCUT2D eigenvalue weighted by Gasteiger charge is 2.17. The van der Waals surface area contributed by atoms with Crippen molar-refractivity contribution < 1.29 is 9.53 Å². The van der Waals surface area contributed by atoms with Crippen LogP contribution in [0.1, 0.15) is 17.3 Å². The van der Waals surface area contributed by atoms with Crippen molar-refractivity contribution in [2.75, 3.05) is 6.61 Å². The van der Waals surface area contributed by atoms with Crippen molar-refractivity contribution >= 4 is 49.3 Å². The molecule has 0 aliphatic heterocycles. The minimum Gasteiger partial charge on any atom is -0.462 e. The molecule has 1 aromatic heterocycles. The van der Waals surface area contributed by atoms with E-state index in [1.165, 1.54) is 32.3 Å². The zero-order valence-corrected chi connectivity index (χ0v) is 16.5. The number of fused-ring (bicyclic) bond motifs is 3. The molecule has 0 spiro atoms. The molecular formula is C27H19NO2. The normalized spacial score (nSPS) is 11.8. The Morgan fingerprint density at radius 1 is 0.767 bits per heavy atom. The number of hydrogen-bond acceptors (Lipinski definition) is 2. The smallest absolute Gasteiger partial charge is 0.338 e. The summed E-state index contributed by atoms with van der Waals surface area (Å²) >= 11 is 0. The summed E-state index contributed by atoms with van der Waals surface area (Å²) in [6.45, 7) is 2.19. The molecule has 0 aliphatic rings. The van der Waals surface area contributed by atoms with E-state index >= 15 is 0 Å². The van der Waals surface area contributed by atoms with Gasteiger partial charge in [-0.2, -0.15) is 0 Å². The Kier molecular flexibility index (Phi) is 3.59. The van der Waals surface area contributed by atoms with Gasteiger partial charge in [-0.25, -0.2) is 4.79 Å². The molecule has 5 aromatic carbocycles. The minimum atomic E-state index is -0.286. The largest absolute Gasteiger partial charge is 0.462 e. The van der Waals surface area contributed by atoms with Crippen LogP contribution in [0.25, 0.3) is 54.5 Å². The van der Waals surface area contributed by atoms with E-state index in [1.807, 2.05) is 31.2 Å². The molecule has 0 atom stereocenters. The van der Waals surface area contributed by atoms with Crippen LogP contribution in [0.5, 0.6) is 0 Å². The summed E-state index contributed by atoms with van der Waals surface area (Å²) in [5.74, 6) is -0.286. The molecule has 0 amide bonds. The van der Waals surface area contributed by atoms with Gasteiger partial charge in [-0.3, -0.25) is 0 Å². The number of aromatic amines is 1. The van der Waals surface area contributed by atoms with Crippen LogP contribution in [0.15, 0.2) is 78.9 Å². The number of hydrogen-bond donors (Lipinski definition) is 1. The number of H-pyrrole nitrogens is 1. The van der Waals surface area contributed by atoms with Gasteiger partial charge in [0.05, 0.1) is 12.2 Å². The Morgan fingerprint density at radius 3 is 2.20 bits per heavy atom. The van der Waals surface area contributed by atoms with Gasteiger partial charge in [0.15, 0.2) is 0 Å². The molecular weight excluding hydrogens is 370 g/mol. The maximum absolute atomic E-state index is 12.5. The third-order valence-corrected chi connectivity index (χ3v) is 5.98. The first-order chi connectivity index (χ1) is 14.8. The van der Waals surface area contributed by atoms with Gasteiger partial charge < -0.3 is 9.72 Å². The van der Waals surface area contributed by atoms with Crippen LogP contribution in [-0.4, -0.2) is 17.6 Å². The lowest BCUT2D eigenvalue weighted by Crippen LogP contribution is -2.06. The van der Waals surface area contributed by atoms with Gasteiger partial charge in [-0.05, 0) is 63.9 Å². The maximum Gasteiger partial charge on any atom is 0.338 e. The van der Waals surface area contributed by atoms with E-state index < -0.39 is 0 Å². The van der Waals surface area contributed by atoms with Crippen molar-refractivity contribution in [3.05, 3.63) is 84.4 Å². The van der Waals surface area contributed by atoms with Crippen molar-refractivity contribution in [3.8, 4) is 11.1 Å². The molecule has 0 fully saturated rings. The first-order valence-corrected chi connectivity index (χ1v) is 10.2. The van der Waals surface area contributed by atoms with Gasteiger partial charge in [0.2, 0.25) is 0 Å². The highest BCUT2D eigenvalue weighted by atomic mass is 16.5. The predicted molar refractivity (Wildman–Crippen MR) is 123 cm³/mol. The second kappa shape index (κ2) is 6.33. The molecule has 0 aliphatic carbocycles. The molecule has 1 heterocycles. The number of rotatable bonds is 3. The molecule has 0 radical (unpaired) electrons. The quantitative estimate of drug-likeness (QED) is 0.264. The zero-order valence-electron chi connectivity index (χ0n) is 16.5. The first-order valence-electron chi connectivity index (χ1n) is 10.2. The van der Waals surface area contributed by atoms with E-state index in [1.54, 1.807) is 0 Å². The Balaban J connectivity index is 1.70. The third kappa shape index (κ3) is 2.29. The number of benzene rings is 5.